The van der Waals surface area contributed by atoms with Crippen LogP contribution in [0.2, 0.25) is 5.02 Å². The minimum atomic E-state index is 0.672. The average molecular weight is 221 g/mol. The number of halogens is 1. The third-order valence-electron chi connectivity index (χ3n) is 3.42. The van der Waals surface area contributed by atoms with Gasteiger partial charge in [0, 0.05) is 24.9 Å². The molecule has 2 nitrogen and oxygen atoms in total. The molecule has 0 unspecified atom stereocenters. The first-order valence-corrected chi connectivity index (χ1v) is 5.74. The molecule has 1 fully saturated rings. The Morgan fingerprint density at radius 2 is 2.27 bits per heavy atom. The van der Waals surface area contributed by atoms with E-state index in [1.807, 2.05) is 12.3 Å². The van der Waals surface area contributed by atoms with E-state index in [1.54, 1.807) is 6.20 Å². The van der Waals surface area contributed by atoms with Crippen molar-refractivity contribution in [3.05, 3.63) is 35.1 Å². The largest absolute Gasteiger partial charge is 0.316 e. The summed E-state index contributed by atoms with van der Waals surface area (Å²) in [6, 6.07) is 2.01. The fraction of sp³-hybridized carbons (Fsp3) is 0.417. The van der Waals surface area contributed by atoms with Gasteiger partial charge >= 0.3 is 0 Å². The van der Waals surface area contributed by atoms with Gasteiger partial charge in [0.2, 0.25) is 0 Å². The zero-order valence-electron chi connectivity index (χ0n) is 8.41. The van der Waals surface area contributed by atoms with Gasteiger partial charge in [-0.25, -0.2) is 0 Å². The summed E-state index contributed by atoms with van der Waals surface area (Å²) in [7, 11) is 0. The first-order chi connectivity index (χ1) is 7.34. The van der Waals surface area contributed by atoms with E-state index in [1.165, 1.54) is 17.6 Å². The highest BCUT2D eigenvalue weighted by Gasteiger charge is 2.34. The van der Waals surface area contributed by atoms with Crippen molar-refractivity contribution < 1.29 is 0 Å². The van der Waals surface area contributed by atoms with Gasteiger partial charge in [0.15, 0.2) is 0 Å². The Balaban J connectivity index is 1.94. The second-order valence-electron chi connectivity index (χ2n) is 4.31. The van der Waals surface area contributed by atoms with Gasteiger partial charge in [-0.15, -0.1) is 0 Å². The van der Waals surface area contributed by atoms with E-state index in [4.69, 9.17) is 11.6 Å². The minimum absolute atomic E-state index is 0.672. The normalized spacial score (nSPS) is 29.0. The zero-order valence-corrected chi connectivity index (χ0v) is 9.17. The fourth-order valence-electron chi connectivity index (χ4n) is 2.68. The quantitative estimate of drug-likeness (QED) is 0.786. The van der Waals surface area contributed by atoms with E-state index in [-0.39, 0.29) is 0 Å². The van der Waals surface area contributed by atoms with E-state index >= 15 is 0 Å². The van der Waals surface area contributed by atoms with Crippen molar-refractivity contribution in [2.45, 2.75) is 6.42 Å². The van der Waals surface area contributed by atoms with E-state index in [2.05, 4.69) is 16.4 Å². The smallest absolute Gasteiger partial charge is 0.0595 e. The number of allylic oxidation sites excluding steroid dienone is 1. The number of nitrogens with one attached hydrogen (secondary N) is 1. The molecular weight excluding hydrogens is 208 g/mol. The van der Waals surface area contributed by atoms with Crippen LogP contribution in [0.4, 0.5) is 0 Å². The number of rotatable bonds is 1. The van der Waals surface area contributed by atoms with Crippen LogP contribution >= 0.6 is 11.6 Å². The average Bonchev–Trinajstić information content (AvgIpc) is 2.77. The highest BCUT2D eigenvalue weighted by Crippen LogP contribution is 2.40. The maximum absolute atomic E-state index is 5.96. The summed E-state index contributed by atoms with van der Waals surface area (Å²) < 4.78 is 0. The molecule has 15 heavy (non-hydrogen) atoms. The number of pyridine rings is 1. The van der Waals surface area contributed by atoms with Crippen LogP contribution in [-0.2, 0) is 0 Å². The molecule has 1 aliphatic carbocycles. The van der Waals surface area contributed by atoms with Crippen molar-refractivity contribution in [2.24, 2.45) is 11.8 Å². The SMILES string of the molecule is Clc1cncc(C2=CC[C@H]3CNC[C@@H]23)c1. The van der Waals surface area contributed by atoms with Crippen LogP contribution in [0.1, 0.15) is 12.0 Å². The van der Waals surface area contributed by atoms with Crippen LogP contribution in [-0.4, -0.2) is 18.1 Å². The third kappa shape index (κ3) is 1.58. The molecule has 0 bridgehead atoms. The molecule has 0 aromatic carbocycles. The lowest BCUT2D eigenvalue weighted by molar-refractivity contribution is 0.542. The highest BCUT2D eigenvalue weighted by atomic mass is 35.5. The molecule has 3 heteroatoms. The number of hydrogen-bond donors (Lipinski definition) is 1. The molecule has 1 aliphatic heterocycles. The van der Waals surface area contributed by atoms with Crippen LogP contribution in [0.25, 0.3) is 5.57 Å². The molecule has 0 radical (unpaired) electrons. The molecule has 3 rings (SSSR count). The molecule has 78 valence electrons. The van der Waals surface area contributed by atoms with Crippen molar-refractivity contribution >= 4 is 17.2 Å². The maximum Gasteiger partial charge on any atom is 0.0595 e. The molecule has 1 aromatic rings. The van der Waals surface area contributed by atoms with Crippen LogP contribution in [0.3, 0.4) is 0 Å². The Morgan fingerprint density at radius 3 is 3.13 bits per heavy atom. The van der Waals surface area contributed by atoms with E-state index in [0.29, 0.717) is 5.92 Å². The second kappa shape index (κ2) is 3.62. The Kier molecular flexibility index (Phi) is 2.26. The molecule has 0 spiro atoms. The summed E-state index contributed by atoms with van der Waals surface area (Å²) in [5.74, 6) is 1.46. The van der Waals surface area contributed by atoms with Gasteiger partial charge in [-0.3, -0.25) is 4.98 Å². The van der Waals surface area contributed by atoms with Crippen molar-refractivity contribution in [1.82, 2.24) is 10.3 Å². The topological polar surface area (TPSA) is 24.9 Å². The number of fused-ring (bicyclic) bond motifs is 1. The Hall–Kier alpha value is -0.860. The Bertz CT molecular complexity index is 414. The molecule has 2 heterocycles. The first-order valence-electron chi connectivity index (χ1n) is 5.36. The van der Waals surface area contributed by atoms with Crippen molar-refractivity contribution in [3.8, 4) is 0 Å². The summed E-state index contributed by atoms with van der Waals surface area (Å²) in [5.41, 5.74) is 2.62. The second-order valence-corrected chi connectivity index (χ2v) is 4.75. The van der Waals surface area contributed by atoms with Gasteiger partial charge in [-0.2, -0.15) is 0 Å². The lowest BCUT2D eigenvalue weighted by Crippen LogP contribution is -2.10. The first kappa shape index (κ1) is 9.37. The summed E-state index contributed by atoms with van der Waals surface area (Å²) >= 11 is 5.96. The lowest BCUT2D eigenvalue weighted by atomic mass is 9.91. The van der Waals surface area contributed by atoms with Crippen LogP contribution in [0.5, 0.6) is 0 Å². The highest BCUT2D eigenvalue weighted by molar-refractivity contribution is 6.30. The minimum Gasteiger partial charge on any atom is -0.316 e. The monoisotopic (exact) mass is 220 g/mol. The van der Waals surface area contributed by atoms with Crippen molar-refractivity contribution in [3.63, 3.8) is 0 Å². The number of aromatic nitrogens is 1. The van der Waals surface area contributed by atoms with Gasteiger partial charge < -0.3 is 5.32 Å². The van der Waals surface area contributed by atoms with Crippen LogP contribution in [0.15, 0.2) is 24.5 Å². The van der Waals surface area contributed by atoms with Crippen LogP contribution < -0.4 is 5.32 Å². The van der Waals surface area contributed by atoms with Crippen LogP contribution in [0, 0.1) is 11.8 Å². The summed E-state index contributed by atoms with van der Waals surface area (Å²) in [6.07, 6.45) is 7.15. The Morgan fingerprint density at radius 1 is 1.33 bits per heavy atom. The van der Waals surface area contributed by atoms with Gasteiger partial charge in [0.05, 0.1) is 5.02 Å². The summed E-state index contributed by atoms with van der Waals surface area (Å²) in [4.78, 5) is 4.15. The zero-order chi connectivity index (χ0) is 10.3. The van der Waals surface area contributed by atoms with E-state index in [9.17, 15) is 0 Å². The van der Waals surface area contributed by atoms with Gasteiger partial charge in [0.25, 0.3) is 0 Å². The van der Waals surface area contributed by atoms with Gasteiger partial charge in [0.1, 0.15) is 0 Å². The van der Waals surface area contributed by atoms with E-state index in [0.717, 1.165) is 24.0 Å². The predicted molar refractivity (Wildman–Crippen MR) is 61.7 cm³/mol. The molecule has 1 saturated heterocycles. The van der Waals surface area contributed by atoms with E-state index < -0.39 is 0 Å². The lowest BCUT2D eigenvalue weighted by Gasteiger charge is -2.13. The van der Waals surface area contributed by atoms with Crippen molar-refractivity contribution in [2.75, 3.05) is 13.1 Å². The number of nitrogens with zero attached hydrogens (tertiary/aromatic N) is 1. The van der Waals surface area contributed by atoms with Gasteiger partial charge in [-0.1, -0.05) is 17.7 Å². The van der Waals surface area contributed by atoms with Gasteiger partial charge in [-0.05, 0) is 36.1 Å². The molecule has 0 saturated carbocycles. The summed E-state index contributed by atoms with van der Waals surface area (Å²) in [6.45, 7) is 2.25. The predicted octanol–water partition coefficient (Wildman–Crippen LogP) is 2.36. The van der Waals surface area contributed by atoms with Crippen molar-refractivity contribution in [1.29, 1.82) is 0 Å². The molecule has 2 atom stereocenters. The third-order valence-corrected chi connectivity index (χ3v) is 3.62. The fourth-order valence-corrected chi connectivity index (χ4v) is 2.85. The summed E-state index contributed by atoms with van der Waals surface area (Å²) in [5, 5.41) is 4.17. The maximum atomic E-state index is 5.96. The molecule has 2 aliphatic rings. The number of hydrogen-bond acceptors (Lipinski definition) is 2. The Labute approximate surface area is 94.4 Å². The molecular formula is C12H13ClN2. The molecule has 0 amide bonds. The standard InChI is InChI=1S/C12H13ClN2/c13-10-3-9(5-14-6-10)11-2-1-8-4-15-7-12(8)11/h2-3,5-6,8,12,15H,1,4,7H2/t8-,12+/m0/s1. The molecule has 1 N–H and O–H groups in total. The molecule has 1 aromatic heterocycles.